The first-order chi connectivity index (χ1) is 8.20. The number of rotatable bonds is 4. The van der Waals surface area contributed by atoms with Crippen molar-refractivity contribution >= 4 is 22.6 Å². The number of nitrogens with one attached hydrogen (secondary N) is 1. The van der Waals surface area contributed by atoms with E-state index in [4.69, 9.17) is 5.84 Å². The molecule has 0 spiro atoms. The fourth-order valence-corrected chi connectivity index (χ4v) is 2.19. The summed E-state index contributed by atoms with van der Waals surface area (Å²) in [5.74, 6) is 5.62. The van der Waals surface area contributed by atoms with Crippen molar-refractivity contribution in [3.05, 3.63) is 51.4 Å². The standard InChI is InChI=1S/C12H15IN4/c1-17-12(6-7-15-17)11(16-14)8-9-2-4-10(13)5-3-9/h2-7,11,16H,8,14H2,1H3. The van der Waals surface area contributed by atoms with Crippen LogP contribution in [0, 0.1) is 3.57 Å². The molecule has 0 saturated heterocycles. The van der Waals surface area contributed by atoms with Crippen molar-refractivity contribution < 1.29 is 0 Å². The number of nitrogens with two attached hydrogens (primary N) is 1. The Morgan fingerprint density at radius 3 is 2.59 bits per heavy atom. The molecule has 1 aromatic carbocycles. The topological polar surface area (TPSA) is 55.9 Å². The van der Waals surface area contributed by atoms with Crippen molar-refractivity contribution in [2.24, 2.45) is 12.9 Å². The lowest BCUT2D eigenvalue weighted by Gasteiger charge is -2.16. The van der Waals surface area contributed by atoms with Gasteiger partial charge in [-0.3, -0.25) is 16.0 Å². The molecule has 0 amide bonds. The second-order valence-electron chi connectivity index (χ2n) is 3.93. The molecule has 3 N–H and O–H groups in total. The maximum Gasteiger partial charge on any atom is 0.0669 e. The van der Waals surface area contributed by atoms with Gasteiger partial charge in [0.1, 0.15) is 0 Å². The van der Waals surface area contributed by atoms with Crippen LogP contribution in [-0.2, 0) is 13.5 Å². The van der Waals surface area contributed by atoms with E-state index in [9.17, 15) is 0 Å². The van der Waals surface area contributed by atoms with E-state index in [1.165, 1.54) is 9.13 Å². The molecule has 90 valence electrons. The zero-order valence-electron chi connectivity index (χ0n) is 9.60. The summed E-state index contributed by atoms with van der Waals surface area (Å²) < 4.78 is 3.08. The van der Waals surface area contributed by atoms with E-state index >= 15 is 0 Å². The predicted molar refractivity (Wildman–Crippen MR) is 76.1 cm³/mol. The quantitative estimate of drug-likeness (QED) is 0.506. The molecule has 2 aromatic rings. The lowest BCUT2D eigenvalue weighted by atomic mass is 10.0. The Morgan fingerprint density at radius 1 is 1.35 bits per heavy atom. The highest BCUT2D eigenvalue weighted by molar-refractivity contribution is 14.1. The summed E-state index contributed by atoms with van der Waals surface area (Å²) in [7, 11) is 1.92. The Hall–Kier alpha value is -0.920. The van der Waals surface area contributed by atoms with Gasteiger partial charge >= 0.3 is 0 Å². The van der Waals surface area contributed by atoms with Crippen molar-refractivity contribution in [1.82, 2.24) is 15.2 Å². The first kappa shape index (κ1) is 12.5. The van der Waals surface area contributed by atoms with Gasteiger partial charge in [0.05, 0.1) is 11.7 Å². The molecule has 1 aromatic heterocycles. The van der Waals surface area contributed by atoms with Crippen LogP contribution in [0.15, 0.2) is 36.5 Å². The second kappa shape index (κ2) is 5.61. The van der Waals surface area contributed by atoms with E-state index in [0.29, 0.717) is 0 Å². The molecule has 0 aliphatic carbocycles. The summed E-state index contributed by atoms with van der Waals surface area (Å²) in [6, 6.07) is 10.5. The molecule has 2 rings (SSSR count). The Morgan fingerprint density at radius 2 is 2.06 bits per heavy atom. The van der Waals surface area contributed by atoms with Gasteiger partial charge < -0.3 is 0 Å². The lowest BCUT2D eigenvalue weighted by Crippen LogP contribution is -2.31. The molecule has 1 unspecified atom stereocenters. The molecule has 0 fully saturated rings. The van der Waals surface area contributed by atoms with Crippen molar-refractivity contribution in [3.63, 3.8) is 0 Å². The highest BCUT2D eigenvalue weighted by atomic mass is 127. The molecule has 17 heavy (non-hydrogen) atoms. The van der Waals surface area contributed by atoms with Gasteiger partial charge in [-0.25, -0.2) is 0 Å². The second-order valence-corrected chi connectivity index (χ2v) is 5.18. The third-order valence-electron chi connectivity index (χ3n) is 2.77. The molecule has 1 heterocycles. The predicted octanol–water partition coefficient (Wildman–Crippen LogP) is 1.77. The molecular weight excluding hydrogens is 327 g/mol. The first-order valence-corrected chi connectivity index (χ1v) is 6.47. The minimum atomic E-state index is 0.0857. The van der Waals surface area contributed by atoms with Gasteiger partial charge in [-0.2, -0.15) is 5.10 Å². The Bertz CT molecular complexity index is 478. The average Bonchev–Trinajstić information content (AvgIpc) is 2.75. The smallest absolute Gasteiger partial charge is 0.0669 e. The van der Waals surface area contributed by atoms with E-state index in [0.717, 1.165) is 12.1 Å². The summed E-state index contributed by atoms with van der Waals surface area (Å²) in [6.45, 7) is 0. The number of benzene rings is 1. The Labute approximate surface area is 114 Å². The summed E-state index contributed by atoms with van der Waals surface area (Å²) >= 11 is 2.30. The average molecular weight is 342 g/mol. The van der Waals surface area contributed by atoms with Gasteiger partial charge in [0, 0.05) is 16.8 Å². The van der Waals surface area contributed by atoms with Crippen LogP contribution in [0.25, 0.3) is 0 Å². The van der Waals surface area contributed by atoms with Crippen LogP contribution in [0.5, 0.6) is 0 Å². The van der Waals surface area contributed by atoms with Crippen molar-refractivity contribution in [2.75, 3.05) is 0 Å². The van der Waals surface area contributed by atoms with Crippen LogP contribution in [0.2, 0.25) is 0 Å². The van der Waals surface area contributed by atoms with Crippen LogP contribution < -0.4 is 11.3 Å². The van der Waals surface area contributed by atoms with E-state index in [1.807, 2.05) is 17.8 Å². The number of hydrogen-bond donors (Lipinski definition) is 2. The van der Waals surface area contributed by atoms with E-state index < -0.39 is 0 Å². The van der Waals surface area contributed by atoms with Gasteiger partial charge in [0.15, 0.2) is 0 Å². The zero-order valence-corrected chi connectivity index (χ0v) is 11.8. The maximum atomic E-state index is 5.62. The molecule has 0 saturated carbocycles. The molecule has 0 aliphatic rings. The Balaban J connectivity index is 2.16. The molecule has 0 bridgehead atoms. The van der Waals surface area contributed by atoms with Gasteiger partial charge in [0.2, 0.25) is 0 Å². The Kier molecular flexibility index (Phi) is 4.14. The van der Waals surface area contributed by atoms with Crippen LogP contribution in [-0.4, -0.2) is 9.78 Å². The van der Waals surface area contributed by atoms with Crippen molar-refractivity contribution in [2.45, 2.75) is 12.5 Å². The summed E-state index contributed by atoms with van der Waals surface area (Å²) in [5.41, 5.74) is 5.19. The fourth-order valence-electron chi connectivity index (χ4n) is 1.83. The summed E-state index contributed by atoms with van der Waals surface area (Å²) in [4.78, 5) is 0. The number of aryl methyl sites for hydroxylation is 1. The van der Waals surface area contributed by atoms with Gasteiger partial charge in [-0.15, -0.1) is 0 Å². The van der Waals surface area contributed by atoms with Gasteiger partial charge in [-0.05, 0) is 52.8 Å². The number of hydrogen-bond acceptors (Lipinski definition) is 3. The van der Waals surface area contributed by atoms with Crippen LogP contribution in [0.4, 0.5) is 0 Å². The number of nitrogens with zero attached hydrogens (tertiary/aromatic N) is 2. The number of hydrazine groups is 1. The van der Waals surface area contributed by atoms with Crippen molar-refractivity contribution in [3.8, 4) is 0 Å². The maximum absolute atomic E-state index is 5.62. The molecule has 4 nitrogen and oxygen atoms in total. The normalized spacial score (nSPS) is 12.6. The highest BCUT2D eigenvalue weighted by Crippen LogP contribution is 2.17. The molecule has 0 aliphatic heterocycles. The number of aromatic nitrogens is 2. The molecule has 5 heteroatoms. The van der Waals surface area contributed by atoms with Crippen LogP contribution in [0.1, 0.15) is 17.3 Å². The molecule has 1 atom stereocenters. The summed E-state index contributed by atoms with van der Waals surface area (Å²) in [5, 5.41) is 4.16. The van der Waals surface area contributed by atoms with Gasteiger partial charge in [0.25, 0.3) is 0 Å². The third-order valence-corrected chi connectivity index (χ3v) is 3.49. The van der Waals surface area contributed by atoms with Crippen LogP contribution in [0.3, 0.4) is 0 Å². The minimum absolute atomic E-state index is 0.0857. The SMILES string of the molecule is Cn1nccc1C(Cc1ccc(I)cc1)NN. The first-order valence-electron chi connectivity index (χ1n) is 5.39. The lowest BCUT2D eigenvalue weighted by molar-refractivity contribution is 0.508. The monoisotopic (exact) mass is 342 g/mol. The van der Waals surface area contributed by atoms with Gasteiger partial charge in [-0.1, -0.05) is 12.1 Å². The largest absolute Gasteiger partial charge is 0.271 e. The zero-order chi connectivity index (χ0) is 12.3. The minimum Gasteiger partial charge on any atom is -0.271 e. The summed E-state index contributed by atoms with van der Waals surface area (Å²) in [6.07, 6.45) is 2.64. The van der Waals surface area contributed by atoms with Crippen molar-refractivity contribution in [1.29, 1.82) is 0 Å². The molecular formula is C12H15IN4. The highest BCUT2D eigenvalue weighted by Gasteiger charge is 2.13. The fraction of sp³-hybridized carbons (Fsp3) is 0.250. The number of halogens is 1. The van der Waals surface area contributed by atoms with E-state index in [-0.39, 0.29) is 6.04 Å². The van der Waals surface area contributed by atoms with E-state index in [2.05, 4.69) is 57.4 Å². The van der Waals surface area contributed by atoms with Crippen LogP contribution >= 0.6 is 22.6 Å². The molecule has 0 radical (unpaired) electrons. The van der Waals surface area contributed by atoms with E-state index in [1.54, 1.807) is 6.20 Å². The third kappa shape index (κ3) is 3.05.